The average molecular weight is 441 g/mol. The van der Waals surface area contributed by atoms with E-state index in [2.05, 4.69) is 5.32 Å². The van der Waals surface area contributed by atoms with Crippen molar-refractivity contribution >= 4 is 51.6 Å². The Morgan fingerprint density at radius 3 is 2.45 bits per heavy atom. The zero-order valence-corrected chi connectivity index (χ0v) is 17.6. The van der Waals surface area contributed by atoms with E-state index in [1.54, 1.807) is 19.9 Å². The molecule has 0 aliphatic heterocycles. The number of nitrogens with two attached hydrogens (primary N) is 1. The fourth-order valence-electron chi connectivity index (χ4n) is 2.41. The van der Waals surface area contributed by atoms with Crippen LogP contribution in [0.1, 0.15) is 39.4 Å². The number of anilines is 2. The van der Waals surface area contributed by atoms with Crippen LogP contribution in [0.25, 0.3) is 0 Å². The van der Waals surface area contributed by atoms with E-state index >= 15 is 0 Å². The van der Waals surface area contributed by atoms with Gasteiger partial charge in [0.05, 0.1) is 30.2 Å². The van der Waals surface area contributed by atoms with E-state index < -0.39 is 23.7 Å². The number of nitrogen functional groups attached to an aromatic ring is 1. The molecule has 1 aromatic carbocycles. The van der Waals surface area contributed by atoms with Gasteiger partial charge in [0, 0.05) is 11.3 Å². The highest BCUT2D eigenvalue weighted by molar-refractivity contribution is 7.99. The molecule has 0 spiro atoms. The number of carbonyl (C=O) groups is 3. The molecule has 2 rings (SSSR count). The topological polar surface area (TPSA) is 108 Å². The first-order valence-electron chi connectivity index (χ1n) is 8.76. The van der Waals surface area contributed by atoms with E-state index in [1.165, 1.54) is 18.2 Å². The molecule has 0 aliphatic rings. The number of esters is 2. The Bertz CT molecular complexity index is 901. The maximum absolute atomic E-state index is 13.6. The van der Waals surface area contributed by atoms with Crippen LogP contribution in [-0.2, 0) is 20.0 Å². The Labute approximate surface area is 175 Å². The van der Waals surface area contributed by atoms with Gasteiger partial charge in [-0.1, -0.05) is 12.1 Å². The number of halogens is 1. The Hall–Kier alpha value is -2.59. The van der Waals surface area contributed by atoms with Crippen molar-refractivity contribution in [2.75, 3.05) is 30.0 Å². The molecule has 1 aromatic heterocycles. The third-order valence-corrected chi connectivity index (χ3v) is 5.60. The van der Waals surface area contributed by atoms with Gasteiger partial charge in [0.2, 0.25) is 5.91 Å². The maximum Gasteiger partial charge on any atom is 0.348 e. The number of hydrogen-bond acceptors (Lipinski definition) is 8. The predicted octanol–water partition coefficient (Wildman–Crippen LogP) is 3.69. The largest absolute Gasteiger partial charge is 0.462 e. The minimum Gasteiger partial charge on any atom is -0.462 e. The van der Waals surface area contributed by atoms with Crippen molar-refractivity contribution in [2.24, 2.45) is 0 Å². The zero-order valence-electron chi connectivity index (χ0n) is 16.0. The van der Waals surface area contributed by atoms with Gasteiger partial charge in [0.1, 0.15) is 15.7 Å². The molecule has 156 valence electrons. The number of rotatable bonds is 9. The Kier molecular flexibility index (Phi) is 8.47. The lowest BCUT2D eigenvalue weighted by Crippen LogP contribution is -2.16. The van der Waals surface area contributed by atoms with Crippen LogP contribution >= 0.6 is 23.1 Å². The molecule has 3 N–H and O–H groups in total. The summed E-state index contributed by atoms with van der Waals surface area (Å²) >= 11 is 2.10. The lowest BCUT2D eigenvalue weighted by molar-refractivity contribution is -0.113. The van der Waals surface area contributed by atoms with Crippen LogP contribution < -0.4 is 11.1 Å². The number of benzene rings is 1. The molecule has 0 saturated carbocycles. The number of thioether (sulfide) groups is 1. The van der Waals surface area contributed by atoms with Gasteiger partial charge < -0.3 is 20.5 Å². The second-order valence-corrected chi connectivity index (χ2v) is 7.65. The van der Waals surface area contributed by atoms with Gasteiger partial charge in [0.15, 0.2) is 0 Å². The fraction of sp³-hybridized carbons (Fsp3) is 0.316. The molecule has 7 nitrogen and oxygen atoms in total. The Balaban J connectivity index is 2.13. The first-order chi connectivity index (χ1) is 13.9. The van der Waals surface area contributed by atoms with Gasteiger partial charge in [-0.15, -0.1) is 23.1 Å². The zero-order chi connectivity index (χ0) is 21.4. The monoisotopic (exact) mass is 440 g/mol. The summed E-state index contributed by atoms with van der Waals surface area (Å²) in [6, 6.07) is 5.83. The Morgan fingerprint density at radius 1 is 1.14 bits per heavy atom. The minimum absolute atomic E-state index is 0.0192. The van der Waals surface area contributed by atoms with E-state index in [0.29, 0.717) is 5.56 Å². The number of ether oxygens (including phenoxy) is 2. The van der Waals surface area contributed by atoms with Crippen molar-refractivity contribution in [3.63, 3.8) is 0 Å². The number of nitrogens with one attached hydrogen (secondary N) is 1. The predicted molar refractivity (Wildman–Crippen MR) is 112 cm³/mol. The van der Waals surface area contributed by atoms with Crippen LogP contribution in [0, 0.1) is 5.82 Å². The third-order valence-electron chi connectivity index (χ3n) is 3.60. The molecule has 0 radical (unpaired) electrons. The second-order valence-electron chi connectivity index (χ2n) is 5.61. The summed E-state index contributed by atoms with van der Waals surface area (Å²) in [6.45, 7) is 3.65. The standard InChI is InChI=1S/C19H21FN2O5S2/c1-3-26-18(24)15-11(16(29-17(15)21)19(25)27-4-2)9-28-10-14(23)22-13-8-6-5-7-12(13)20/h5-8H,3-4,9-10,21H2,1-2H3,(H,22,23). The molecular weight excluding hydrogens is 419 g/mol. The molecular formula is C19H21FN2O5S2. The van der Waals surface area contributed by atoms with Gasteiger partial charge in [-0.05, 0) is 26.0 Å². The number of thiophene rings is 1. The molecule has 0 saturated heterocycles. The third kappa shape index (κ3) is 5.94. The number of amides is 1. The van der Waals surface area contributed by atoms with Gasteiger partial charge >= 0.3 is 11.9 Å². The summed E-state index contributed by atoms with van der Waals surface area (Å²) in [5, 5.41) is 2.63. The van der Waals surface area contributed by atoms with Crippen molar-refractivity contribution in [1.82, 2.24) is 0 Å². The molecule has 29 heavy (non-hydrogen) atoms. The van der Waals surface area contributed by atoms with Crippen molar-refractivity contribution in [3.05, 3.63) is 46.1 Å². The van der Waals surface area contributed by atoms with Crippen molar-refractivity contribution < 1.29 is 28.2 Å². The fourth-order valence-corrected chi connectivity index (χ4v) is 4.32. The molecule has 0 bridgehead atoms. The normalized spacial score (nSPS) is 10.4. The lowest BCUT2D eigenvalue weighted by Gasteiger charge is -2.08. The maximum atomic E-state index is 13.6. The van der Waals surface area contributed by atoms with Gasteiger partial charge in [-0.3, -0.25) is 4.79 Å². The summed E-state index contributed by atoms with van der Waals surface area (Å²) in [7, 11) is 0. The molecule has 0 fully saturated rings. The van der Waals surface area contributed by atoms with Crippen LogP contribution in [0.5, 0.6) is 0 Å². The van der Waals surface area contributed by atoms with E-state index in [0.717, 1.165) is 23.1 Å². The van der Waals surface area contributed by atoms with Crippen LogP contribution in [0.4, 0.5) is 15.1 Å². The van der Waals surface area contributed by atoms with E-state index in [9.17, 15) is 18.8 Å². The van der Waals surface area contributed by atoms with Crippen LogP contribution in [0.15, 0.2) is 24.3 Å². The Morgan fingerprint density at radius 2 is 1.79 bits per heavy atom. The summed E-state index contributed by atoms with van der Waals surface area (Å²) in [5.74, 6) is -2.05. The molecule has 10 heteroatoms. The highest BCUT2D eigenvalue weighted by Crippen LogP contribution is 2.35. The molecule has 2 aromatic rings. The summed E-state index contributed by atoms with van der Waals surface area (Å²) in [5.41, 5.74) is 6.50. The van der Waals surface area contributed by atoms with Crippen LogP contribution in [-0.4, -0.2) is 36.8 Å². The first-order valence-corrected chi connectivity index (χ1v) is 10.7. The van der Waals surface area contributed by atoms with Crippen LogP contribution in [0.3, 0.4) is 0 Å². The molecule has 0 atom stereocenters. The lowest BCUT2D eigenvalue weighted by atomic mass is 10.1. The van der Waals surface area contributed by atoms with E-state index in [4.69, 9.17) is 15.2 Å². The minimum atomic E-state index is -0.636. The summed E-state index contributed by atoms with van der Waals surface area (Å²) < 4.78 is 23.7. The van der Waals surface area contributed by atoms with E-state index in [1.807, 2.05) is 0 Å². The number of carbonyl (C=O) groups excluding carboxylic acids is 3. The van der Waals surface area contributed by atoms with Gasteiger partial charge in [-0.25, -0.2) is 14.0 Å². The average Bonchev–Trinajstić information content (AvgIpc) is 3.00. The SMILES string of the molecule is CCOC(=O)c1sc(N)c(C(=O)OCC)c1CSCC(=O)Nc1ccccc1F. The highest BCUT2D eigenvalue weighted by atomic mass is 32.2. The van der Waals surface area contributed by atoms with Crippen LogP contribution in [0.2, 0.25) is 0 Å². The quantitative estimate of drug-likeness (QED) is 0.573. The van der Waals surface area contributed by atoms with Gasteiger partial charge in [-0.2, -0.15) is 0 Å². The van der Waals surface area contributed by atoms with Crippen molar-refractivity contribution in [1.29, 1.82) is 0 Å². The number of hydrogen-bond donors (Lipinski definition) is 2. The highest BCUT2D eigenvalue weighted by Gasteiger charge is 2.27. The molecule has 1 heterocycles. The second kappa shape index (κ2) is 10.8. The molecule has 0 aliphatic carbocycles. The smallest absolute Gasteiger partial charge is 0.348 e. The number of para-hydroxylation sites is 1. The van der Waals surface area contributed by atoms with E-state index in [-0.39, 0.29) is 45.8 Å². The summed E-state index contributed by atoms with van der Waals surface area (Å²) in [4.78, 5) is 36.8. The molecule has 1 amide bonds. The summed E-state index contributed by atoms with van der Waals surface area (Å²) in [6.07, 6.45) is 0. The molecule has 0 unspecified atom stereocenters. The van der Waals surface area contributed by atoms with Gasteiger partial charge in [0.25, 0.3) is 0 Å². The van der Waals surface area contributed by atoms with Crippen molar-refractivity contribution in [3.8, 4) is 0 Å². The first kappa shape index (κ1) is 22.7. The van der Waals surface area contributed by atoms with Crippen molar-refractivity contribution in [2.45, 2.75) is 19.6 Å².